The number of benzene rings is 6. The summed E-state index contributed by atoms with van der Waals surface area (Å²) in [7, 11) is 0. The number of fused-ring (bicyclic) bond motifs is 12. The first-order valence-corrected chi connectivity index (χ1v) is 17.9. The Balaban J connectivity index is 1.25. The summed E-state index contributed by atoms with van der Waals surface area (Å²) < 4.78 is 2.59. The van der Waals surface area contributed by atoms with E-state index >= 15 is 0 Å². The van der Waals surface area contributed by atoms with Crippen molar-refractivity contribution in [1.82, 2.24) is 9.97 Å². The van der Waals surface area contributed by atoms with Gasteiger partial charge >= 0.3 is 0 Å². The van der Waals surface area contributed by atoms with Gasteiger partial charge in [-0.2, -0.15) is 0 Å². The lowest BCUT2D eigenvalue weighted by atomic mass is 9.84. The Morgan fingerprint density at radius 3 is 2.41 bits per heavy atom. The molecule has 1 aliphatic heterocycles. The first-order valence-electron chi connectivity index (χ1n) is 17.1. The maximum absolute atomic E-state index is 5.79. The minimum atomic E-state index is -0.284. The molecular formula is C45H31N3S. The van der Waals surface area contributed by atoms with Gasteiger partial charge in [-0.05, 0) is 58.3 Å². The molecule has 0 amide bonds. The largest absolute Gasteiger partial charge is 0.295 e. The summed E-state index contributed by atoms with van der Waals surface area (Å²) in [5.74, 6) is 1.13. The van der Waals surface area contributed by atoms with Crippen LogP contribution in [-0.2, 0) is 11.8 Å². The maximum atomic E-state index is 5.79. The first kappa shape index (κ1) is 27.4. The quantitative estimate of drug-likeness (QED) is 0.187. The highest BCUT2D eigenvalue weighted by atomic mass is 32.1. The van der Waals surface area contributed by atoms with Crippen LogP contribution in [-0.4, -0.2) is 9.97 Å². The van der Waals surface area contributed by atoms with E-state index in [0.29, 0.717) is 0 Å². The normalized spacial score (nSPS) is 16.7. The van der Waals surface area contributed by atoms with Crippen molar-refractivity contribution in [3.63, 3.8) is 0 Å². The van der Waals surface area contributed by atoms with Crippen LogP contribution < -0.4 is 4.90 Å². The van der Waals surface area contributed by atoms with E-state index < -0.39 is 0 Å². The number of anilines is 2. The van der Waals surface area contributed by atoms with E-state index in [0.717, 1.165) is 34.9 Å². The standard InChI is InChI=1S/C45H31N3S/c1-45(2)36-17-9-7-16-33(36)41-43(45)47-44(40(46-41)29-20-22-39-35(24-29)31-15-8-10-18-38(31)49-39)48-37-25-28-13-4-3-12-27(28)23-34(37)32-21-19-26-11-5-6-14-30(26)42(32)48/h3-22,24-25,34H,23H2,1-2H3. The number of allylic oxidation sites excluding steroid dienone is 1. The summed E-state index contributed by atoms with van der Waals surface area (Å²) in [6.07, 6.45) is 3.37. The van der Waals surface area contributed by atoms with E-state index in [-0.39, 0.29) is 11.3 Å². The molecule has 0 fully saturated rings. The van der Waals surface area contributed by atoms with Gasteiger partial charge in [0.2, 0.25) is 0 Å². The van der Waals surface area contributed by atoms with Gasteiger partial charge in [-0.15, -0.1) is 11.3 Å². The topological polar surface area (TPSA) is 29.0 Å². The van der Waals surface area contributed by atoms with Gasteiger partial charge in [-0.1, -0.05) is 123 Å². The Hall–Kier alpha value is -5.58. The molecule has 6 aromatic carbocycles. The third-order valence-corrected chi connectivity index (χ3v) is 12.3. The predicted molar refractivity (Wildman–Crippen MR) is 205 cm³/mol. The lowest BCUT2D eigenvalue weighted by molar-refractivity contribution is 0.635. The van der Waals surface area contributed by atoms with Crippen molar-refractivity contribution in [2.24, 2.45) is 0 Å². The van der Waals surface area contributed by atoms with Crippen LogP contribution in [0.15, 0.2) is 133 Å². The lowest BCUT2D eigenvalue weighted by Crippen LogP contribution is -2.23. The van der Waals surface area contributed by atoms with Gasteiger partial charge in [0, 0.05) is 53.7 Å². The van der Waals surface area contributed by atoms with Crippen molar-refractivity contribution in [2.45, 2.75) is 31.6 Å². The number of hydrogen-bond donors (Lipinski definition) is 0. The SMILES string of the molecule is CC1(C)c2ccccc2-c2nc(-c3ccc4sc5ccccc5c4c3)c(N3C4=Cc5ccccc5CC4c4ccc5ccccc5c43)nc21. The molecule has 0 spiro atoms. The van der Waals surface area contributed by atoms with Gasteiger partial charge in [-0.25, -0.2) is 9.97 Å². The van der Waals surface area contributed by atoms with Crippen molar-refractivity contribution < 1.29 is 0 Å². The Bertz CT molecular complexity index is 2750. The van der Waals surface area contributed by atoms with Gasteiger partial charge in [0.25, 0.3) is 0 Å². The molecule has 0 saturated heterocycles. The predicted octanol–water partition coefficient (Wildman–Crippen LogP) is 11.8. The molecule has 1 atom stereocenters. The molecule has 0 saturated carbocycles. The fraction of sp³-hybridized carbons (Fsp3) is 0.111. The zero-order valence-corrected chi connectivity index (χ0v) is 28.1. The Kier molecular flexibility index (Phi) is 5.44. The van der Waals surface area contributed by atoms with Gasteiger partial charge < -0.3 is 0 Å². The molecule has 11 rings (SSSR count). The van der Waals surface area contributed by atoms with E-state index in [1.54, 1.807) is 0 Å². The van der Waals surface area contributed by atoms with E-state index in [4.69, 9.17) is 9.97 Å². The molecule has 49 heavy (non-hydrogen) atoms. The molecule has 4 heteroatoms. The second kappa shape index (κ2) is 9.74. The highest BCUT2D eigenvalue weighted by Crippen LogP contribution is 2.57. The van der Waals surface area contributed by atoms with E-state index in [2.05, 4.69) is 152 Å². The summed E-state index contributed by atoms with van der Waals surface area (Å²) in [6, 6.07) is 46.6. The first-order chi connectivity index (χ1) is 24.0. The Morgan fingerprint density at radius 2 is 1.47 bits per heavy atom. The molecular weight excluding hydrogens is 615 g/mol. The maximum Gasteiger partial charge on any atom is 0.164 e. The molecule has 2 aromatic heterocycles. The van der Waals surface area contributed by atoms with Gasteiger partial charge in [0.1, 0.15) is 5.69 Å². The highest BCUT2D eigenvalue weighted by molar-refractivity contribution is 7.25. The van der Waals surface area contributed by atoms with Crippen LogP contribution in [0.3, 0.4) is 0 Å². The average molecular weight is 646 g/mol. The molecule has 232 valence electrons. The van der Waals surface area contributed by atoms with Crippen LogP contribution >= 0.6 is 11.3 Å². The molecule has 3 nitrogen and oxygen atoms in total. The molecule has 0 bridgehead atoms. The fourth-order valence-electron chi connectivity index (χ4n) is 8.73. The van der Waals surface area contributed by atoms with Crippen LogP contribution in [0.5, 0.6) is 0 Å². The van der Waals surface area contributed by atoms with Gasteiger partial charge in [-0.3, -0.25) is 4.90 Å². The minimum Gasteiger partial charge on any atom is -0.295 e. The number of hydrogen-bond acceptors (Lipinski definition) is 4. The average Bonchev–Trinajstić information content (AvgIpc) is 3.75. The summed E-state index contributed by atoms with van der Waals surface area (Å²) in [6.45, 7) is 4.59. The van der Waals surface area contributed by atoms with Gasteiger partial charge in [0.05, 0.1) is 17.1 Å². The van der Waals surface area contributed by atoms with Crippen LogP contribution in [0.1, 0.15) is 47.7 Å². The molecule has 3 aliphatic rings. The summed E-state index contributed by atoms with van der Waals surface area (Å²) >= 11 is 1.85. The number of thiophene rings is 1. The monoisotopic (exact) mass is 645 g/mol. The Morgan fingerprint density at radius 1 is 0.694 bits per heavy atom. The van der Waals surface area contributed by atoms with Crippen LogP contribution in [0.2, 0.25) is 0 Å². The summed E-state index contributed by atoms with van der Waals surface area (Å²) in [4.78, 5) is 14.0. The van der Waals surface area contributed by atoms with E-state index in [1.807, 2.05) is 11.3 Å². The number of rotatable bonds is 2. The van der Waals surface area contributed by atoms with Crippen molar-refractivity contribution in [1.29, 1.82) is 0 Å². The van der Waals surface area contributed by atoms with Gasteiger partial charge in [0.15, 0.2) is 5.82 Å². The van der Waals surface area contributed by atoms with Crippen molar-refractivity contribution in [3.05, 3.63) is 161 Å². The van der Waals surface area contributed by atoms with E-state index in [9.17, 15) is 0 Å². The zero-order valence-electron chi connectivity index (χ0n) is 27.2. The number of nitrogens with zero attached hydrogens (tertiary/aromatic N) is 3. The van der Waals surface area contributed by atoms with Crippen molar-refractivity contribution >= 4 is 59.9 Å². The lowest BCUT2D eigenvalue weighted by Gasteiger charge is -2.29. The molecule has 2 aliphatic carbocycles. The number of aromatic nitrogens is 2. The van der Waals surface area contributed by atoms with Crippen LogP contribution in [0.4, 0.5) is 11.5 Å². The smallest absolute Gasteiger partial charge is 0.164 e. The van der Waals surface area contributed by atoms with Crippen LogP contribution in [0.25, 0.3) is 59.5 Å². The van der Waals surface area contributed by atoms with E-state index in [1.165, 1.54) is 70.1 Å². The highest BCUT2D eigenvalue weighted by Gasteiger charge is 2.43. The molecule has 0 N–H and O–H groups in total. The fourth-order valence-corrected chi connectivity index (χ4v) is 9.82. The zero-order chi connectivity index (χ0) is 32.4. The third-order valence-electron chi connectivity index (χ3n) is 11.1. The minimum absolute atomic E-state index is 0.228. The van der Waals surface area contributed by atoms with Crippen molar-refractivity contribution in [3.8, 4) is 22.5 Å². The van der Waals surface area contributed by atoms with Crippen LogP contribution in [0, 0.1) is 0 Å². The Labute approximate surface area is 288 Å². The summed E-state index contributed by atoms with van der Waals surface area (Å²) in [5.41, 5.74) is 12.8. The molecule has 0 radical (unpaired) electrons. The van der Waals surface area contributed by atoms with Crippen molar-refractivity contribution in [2.75, 3.05) is 4.90 Å². The second-order valence-electron chi connectivity index (χ2n) is 14.2. The second-order valence-corrected chi connectivity index (χ2v) is 15.2. The summed E-state index contributed by atoms with van der Waals surface area (Å²) in [5, 5.41) is 5.03. The third kappa shape index (κ3) is 3.72. The molecule has 1 unspecified atom stereocenters. The molecule has 8 aromatic rings. The molecule has 3 heterocycles.